The Balaban J connectivity index is 1.59. The lowest BCUT2D eigenvalue weighted by Crippen LogP contribution is -2.40. The molecule has 5 nitrogen and oxygen atoms in total. The molecule has 2 aromatic rings. The van der Waals surface area contributed by atoms with Crippen LogP contribution in [0.4, 0.5) is 4.39 Å². The number of aromatic amines is 1. The Hall–Kier alpha value is -1.92. The molecule has 3 heterocycles. The number of halogens is 1. The number of fused-ring (bicyclic) bond motifs is 2. The van der Waals surface area contributed by atoms with Crippen LogP contribution in [0.3, 0.4) is 0 Å². The molecule has 2 aliphatic heterocycles. The van der Waals surface area contributed by atoms with Gasteiger partial charge in [-0.15, -0.1) is 0 Å². The molecule has 0 bridgehead atoms. The lowest BCUT2D eigenvalue weighted by molar-refractivity contribution is -0.148. The highest BCUT2D eigenvalue weighted by Crippen LogP contribution is 2.42. The fourth-order valence-electron chi connectivity index (χ4n) is 4.58. The van der Waals surface area contributed by atoms with Crippen LogP contribution in [-0.4, -0.2) is 59.1 Å². The van der Waals surface area contributed by atoms with Gasteiger partial charge in [-0.25, -0.2) is 4.39 Å². The molecular formula is C18H22FN3O2. The first kappa shape index (κ1) is 15.6. The van der Waals surface area contributed by atoms with Gasteiger partial charge in [-0.05, 0) is 37.7 Å². The number of H-pyrrole nitrogens is 1. The van der Waals surface area contributed by atoms with Crippen LogP contribution in [0, 0.1) is 24.1 Å². The Morgan fingerprint density at radius 1 is 1.42 bits per heavy atom. The highest BCUT2D eigenvalue weighted by Gasteiger charge is 2.56. The van der Waals surface area contributed by atoms with Crippen LogP contribution < -0.4 is 0 Å². The van der Waals surface area contributed by atoms with Gasteiger partial charge in [0.1, 0.15) is 5.82 Å². The van der Waals surface area contributed by atoms with Crippen LogP contribution in [0.25, 0.3) is 10.9 Å². The minimum atomic E-state index is -0.685. The molecular weight excluding hydrogens is 309 g/mol. The van der Waals surface area contributed by atoms with Gasteiger partial charge in [0, 0.05) is 55.2 Å². The SMILES string of the molecule is Cc1c(CN2C[C@@H]3CN(C)C[C@]3(C(=O)O)C2)[nH]c2ccc(F)cc12. The van der Waals surface area contributed by atoms with E-state index >= 15 is 0 Å². The zero-order valence-corrected chi connectivity index (χ0v) is 14.0. The van der Waals surface area contributed by atoms with Gasteiger partial charge in [0.15, 0.2) is 0 Å². The van der Waals surface area contributed by atoms with E-state index in [1.54, 1.807) is 12.1 Å². The van der Waals surface area contributed by atoms with E-state index in [2.05, 4.69) is 14.8 Å². The number of benzene rings is 1. The van der Waals surface area contributed by atoms with E-state index in [9.17, 15) is 14.3 Å². The number of hydrogen-bond donors (Lipinski definition) is 2. The number of nitrogens with one attached hydrogen (secondary N) is 1. The van der Waals surface area contributed by atoms with Gasteiger partial charge in [0.25, 0.3) is 0 Å². The average Bonchev–Trinajstić information content (AvgIpc) is 3.10. The van der Waals surface area contributed by atoms with Crippen LogP contribution in [0.5, 0.6) is 0 Å². The van der Waals surface area contributed by atoms with Crippen molar-refractivity contribution >= 4 is 16.9 Å². The topological polar surface area (TPSA) is 59.6 Å². The molecule has 2 atom stereocenters. The number of aryl methyl sites for hydroxylation is 1. The molecule has 128 valence electrons. The number of likely N-dealkylation sites (tertiary alicyclic amines) is 2. The molecule has 0 aliphatic carbocycles. The molecule has 0 spiro atoms. The summed E-state index contributed by atoms with van der Waals surface area (Å²) >= 11 is 0. The van der Waals surface area contributed by atoms with E-state index in [-0.39, 0.29) is 11.7 Å². The lowest BCUT2D eigenvalue weighted by atomic mass is 9.81. The lowest BCUT2D eigenvalue weighted by Gasteiger charge is -2.24. The van der Waals surface area contributed by atoms with E-state index < -0.39 is 11.4 Å². The number of rotatable bonds is 3. The average molecular weight is 331 g/mol. The predicted molar refractivity (Wildman–Crippen MR) is 89.3 cm³/mol. The van der Waals surface area contributed by atoms with E-state index in [4.69, 9.17) is 0 Å². The van der Waals surface area contributed by atoms with Crippen molar-refractivity contribution in [2.24, 2.45) is 11.3 Å². The number of nitrogens with zero attached hydrogens (tertiary/aromatic N) is 2. The third-order valence-corrected chi connectivity index (χ3v) is 5.78. The minimum absolute atomic E-state index is 0.169. The molecule has 2 saturated heterocycles. The van der Waals surface area contributed by atoms with Crippen LogP contribution >= 0.6 is 0 Å². The van der Waals surface area contributed by atoms with E-state index in [0.29, 0.717) is 19.6 Å². The Labute approximate surface area is 140 Å². The normalized spacial score (nSPS) is 27.9. The second kappa shape index (κ2) is 5.29. The second-order valence-electron chi connectivity index (χ2n) is 7.44. The van der Waals surface area contributed by atoms with E-state index in [1.807, 2.05) is 14.0 Å². The molecule has 0 radical (unpaired) electrons. The maximum absolute atomic E-state index is 13.5. The number of aliphatic carboxylic acids is 1. The summed E-state index contributed by atoms with van der Waals surface area (Å²) in [6.45, 7) is 5.48. The Morgan fingerprint density at radius 3 is 2.92 bits per heavy atom. The van der Waals surface area contributed by atoms with Crippen LogP contribution in [0.2, 0.25) is 0 Å². The first-order chi connectivity index (χ1) is 11.4. The summed E-state index contributed by atoms with van der Waals surface area (Å²) in [5.41, 5.74) is 2.37. The van der Waals surface area contributed by atoms with E-state index in [1.165, 1.54) is 6.07 Å². The first-order valence-corrected chi connectivity index (χ1v) is 8.30. The van der Waals surface area contributed by atoms with Crippen molar-refractivity contribution < 1.29 is 14.3 Å². The molecule has 1 aromatic heterocycles. The Kier molecular flexibility index (Phi) is 3.44. The summed E-state index contributed by atoms with van der Waals surface area (Å²) in [7, 11) is 1.99. The molecule has 0 amide bonds. The molecule has 24 heavy (non-hydrogen) atoms. The van der Waals surface area contributed by atoms with Crippen molar-refractivity contribution in [2.75, 3.05) is 33.2 Å². The highest BCUT2D eigenvalue weighted by atomic mass is 19.1. The molecule has 2 aliphatic rings. The third-order valence-electron chi connectivity index (χ3n) is 5.78. The minimum Gasteiger partial charge on any atom is -0.481 e. The number of hydrogen-bond acceptors (Lipinski definition) is 3. The van der Waals surface area contributed by atoms with Crippen molar-refractivity contribution in [1.29, 1.82) is 0 Å². The van der Waals surface area contributed by atoms with Gasteiger partial charge in [-0.1, -0.05) is 0 Å². The maximum atomic E-state index is 13.5. The van der Waals surface area contributed by atoms with Crippen molar-refractivity contribution in [1.82, 2.24) is 14.8 Å². The Bertz CT molecular complexity index is 818. The van der Waals surface area contributed by atoms with Crippen molar-refractivity contribution in [3.63, 3.8) is 0 Å². The fourth-order valence-corrected chi connectivity index (χ4v) is 4.58. The number of aromatic nitrogens is 1. The molecule has 2 fully saturated rings. The van der Waals surface area contributed by atoms with Crippen LogP contribution in [0.15, 0.2) is 18.2 Å². The quantitative estimate of drug-likeness (QED) is 0.904. The standard InChI is InChI=1S/C18H22FN3O2/c1-11-14-5-13(19)3-4-15(14)20-16(11)8-22-7-12-6-21(2)9-18(12,10-22)17(23)24/h3-5,12,20H,6-10H2,1-2H3,(H,23,24)/t12-,18-/m0/s1. The number of carboxylic acids is 1. The summed E-state index contributed by atoms with van der Waals surface area (Å²) in [5, 5.41) is 10.7. The summed E-state index contributed by atoms with van der Waals surface area (Å²) in [6.07, 6.45) is 0. The zero-order valence-electron chi connectivity index (χ0n) is 14.0. The number of carboxylic acid groups (broad SMARTS) is 1. The van der Waals surface area contributed by atoms with Crippen LogP contribution in [-0.2, 0) is 11.3 Å². The monoisotopic (exact) mass is 331 g/mol. The summed E-state index contributed by atoms with van der Waals surface area (Å²) in [5.74, 6) is -0.753. The van der Waals surface area contributed by atoms with Crippen molar-refractivity contribution in [2.45, 2.75) is 13.5 Å². The van der Waals surface area contributed by atoms with Crippen molar-refractivity contribution in [3.05, 3.63) is 35.3 Å². The van der Waals surface area contributed by atoms with Gasteiger partial charge < -0.3 is 15.0 Å². The maximum Gasteiger partial charge on any atom is 0.312 e. The summed E-state index contributed by atoms with van der Waals surface area (Å²) < 4.78 is 13.5. The molecule has 4 rings (SSSR count). The van der Waals surface area contributed by atoms with Gasteiger partial charge in [-0.2, -0.15) is 0 Å². The molecule has 6 heteroatoms. The highest BCUT2D eigenvalue weighted by molar-refractivity contribution is 5.84. The number of carbonyl (C=O) groups is 1. The Morgan fingerprint density at radius 2 is 2.21 bits per heavy atom. The van der Waals surface area contributed by atoms with Gasteiger partial charge >= 0.3 is 5.97 Å². The van der Waals surface area contributed by atoms with E-state index in [0.717, 1.165) is 35.2 Å². The first-order valence-electron chi connectivity index (χ1n) is 8.30. The third kappa shape index (κ3) is 2.24. The largest absolute Gasteiger partial charge is 0.481 e. The molecule has 1 aromatic carbocycles. The fraction of sp³-hybridized carbons (Fsp3) is 0.500. The van der Waals surface area contributed by atoms with Crippen molar-refractivity contribution in [3.8, 4) is 0 Å². The summed E-state index contributed by atoms with van der Waals surface area (Å²) in [4.78, 5) is 19.6. The van der Waals surface area contributed by atoms with Gasteiger partial charge in [0.2, 0.25) is 0 Å². The molecule has 0 unspecified atom stereocenters. The predicted octanol–water partition coefficient (Wildman–Crippen LogP) is 2.06. The second-order valence-corrected chi connectivity index (χ2v) is 7.44. The molecule has 2 N–H and O–H groups in total. The van der Waals surface area contributed by atoms with Crippen LogP contribution in [0.1, 0.15) is 11.3 Å². The van der Waals surface area contributed by atoms with Gasteiger partial charge in [0.05, 0.1) is 5.41 Å². The summed E-state index contributed by atoms with van der Waals surface area (Å²) in [6, 6.07) is 4.77. The smallest absolute Gasteiger partial charge is 0.312 e. The molecule has 0 saturated carbocycles. The zero-order chi connectivity index (χ0) is 17.1. The van der Waals surface area contributed by atoms with Gasteiger partial charge in [-0.3, -0.25) is 9.69 Å².